The zero-order valence-corrected chi connectivity index (χ0v) is 7.46. The van der Waals surface area contributed by atoms with Gasteiger partial charge >= 0.3 is 0 Å². The topological polar surface area (TPSA) is 54.5 Å². The van der Waals surface area contributed by atoms with Gasteiger partial charge in [-0.25, -0.2) is 0 Å². The highest BCUT2D eigenvalue weighted by Crippen LogP contribution is 2.05. The Kier molecular flexibility index (Phi) is 2.24. The fourth-order valence-corrected chi connectivity index (χ4v) is 1.25. The van der Waals surface area contributed by atoms with Gasteiger partial charge < -0.3 is 4.57 Å². The normalized spacial score (nSPS) is 9.64. The van der Waals surface area contributed by atoms with Crippen LogP contribution in [0.1, 0.15) is 11.1 Å². The average Bonchev–Trinajstić information content (AvgIpc) is 2.71. The van der Waals surface area contributed by atoms with Gasteiger partial charge in [0.2, 0.25) is 0 Å². The highest BCUT2D eigenvalue weighted by molar-refractivity contribution is 5.32. The molecule has 4 heteroatoms. The maximum absolute atomic E-state index is 8.71. The second-order valence-electron chi connectivity index (χ2n) is 2.95. The lowest BCUT2D eigenvalue weighted by Crippen LogP contribution is -1.96. The largest absolute Gasteiger partial charge is 0.316 e. The first-order valence-electron chi connectivity index (χ1n) is 4.20. The number of rotatable bonds is 2. The molecule has 2 aromatic rings. The monoisotopic (exact) mass is 184 g/mol. The van der Waals surface area contributed by atoms with E-state index in [4.69, 9.17) is 5.26 Å². The summed E-state index contributed by atoms with van der Waals surface area (Å²) in [6, 6.07) is 9.60. The SMILES string of the molecule is N#Cc1cccc(Cn2cnnc2)c1. The summed E-state index contributed by atoms with van der Waals surface area (Å²) in [7, 11) is 0. The van der Waals surface area contributed by atoms with Crippen LogP contribution in [0.25, 0.3) is 0 Å². The molecule has 0 amide bonds. The summed E-state index contributed by atoms with van der Waals surface area (Å²) in [5, 5.41) is 16.1. The lowest BCUT2D eigenvalue weighted by molar-refractivity contribution is 0.794. The molecule has 2 rings (SSSR count). The zero-order chi connectivity index (χ0) is 9.80. The third kappa shape index (κ3) is 1.77. The Hall–Kier alpha value is -2.15. The standard InChI is InChI=1S/C10H8N4/c11-5-9-2-1-3-10(4-9)6-14-7-12-13-8-14/h1-4,7-8H,6H2. The van der Waals surface area contributed by atoms with Crippen LogP contribution in [-0.4, -0.2) is 14.8 Å². The minimum absolute atomic E-state index is 0.676. The van der Waals surface area contributed by atoms with E-state index in [2.05, 4.69) is 16.3 Å². The molecule has 4 nitrogen and oxygen atoms in total. The molecule has 1 aromatic carbocycles. The minimum Gasteiger partial charge on any atom is -0.316 e. The van der Waals surface area contributed by atoms with E-state index in [9.17, 15) is 0 Å². The van der Waals surface area contributed by atoms with Crippen LogP contribution in [0.2, 0.25) is 0 Å². The van der Waals surface area contributed by atoms with Crippen molar-refractivity contribution in [2.75, 3.05) is 0 Å². The van der Waals surface area contributed by atoms with Gasteiger partial charge in [-0.15, -0.1) is 10.2 Å². The molecule has 14 heavy (non-hydrogen) atoms. The van der Waals surface area contributed by atoms with Crippen molar-refractivity contribution in [1.82, 2.24) is 14.8 Å². The van der Waals surface area contributed by atoms with Gasteiger partial charge in [-0.05, 0) is 17.7 Å². The summed E-state index contributed by atoms with van der Waals surface area (Å²) in [6.45, 7) is 0.697. The quantitative estimate of drug-likeness (QED) is 0.704. The van der Waals surface area contributed by atoms with E-state index in [0.717, 1.165) is 5.56 Å². The first-order valence-corrected chi connectivity index (χ1v) is 4.20. The number of aromatic nitrogens is 3. The lowest BCUT2D eigenvalue weighted by atomic mass is 10.1. The Morgan fingerprint density at radius 2 is 2.07 bits per heavy atom. The van der Waals surface area contributed by atoms with Crippen LogP contribution >= 0.6 is 0 Å². The smallest absolute Gasteiger partial charge is 0.119 e. The van der Waals surface area contributed by atoms with Gasteiger partial charge in [-0.1, -0.05) is 12.1 Å². The molecule has 1 aromatic heterocycles. The van der Waals surface area contributed by atoms with Crippen molar-refractivity contribution in [3.8, 4) is 6.07 Å². The molecule has 0 bridgehead atoms. The fraction of sp³-hybridized carbons (Fsp3) is 0.100. The number of nitriles is 1. The number of nitrogens with zero attached hydrogens (tertiary/aromatic N) is 4. The van der Waals surface area contributed by atoms with E-state index in [0.29, 0.717) is 12.1 Å². The Bertz CT molecular complexity index is 453. The second-order valence-corrected chi connectivity index (χ2v) is 2.95. The number of hydrogen-bond acceptors (Lipinski definition) is 3. The van der Waals surface area contributed by atoms with Crippen LogP contribution < -0.4 is 0 Å². The van der Waals surface area contributed by atoms with Crippen LogP contribution in [0.5, 0.6) is 0 Å². The van der Waals surface area contributed by atoms with E-state index >= 15 is 0 Å². The minimum atomic E-state index is 0.676. The molecule has 0 saturated heterocycles. The van der Waals surface area contributed by atoms with Crippen LogP contribution in [0.15, 0.2) is 36.9 Å². The molecule has 0 saturated carbocycles. The Morgan fingerprint density at radius 1 is 1.29 bits per heavy atom. The summed E-state index contributed by atoms with van der Waals surface area (Å²) in [4.78, 5) is 0. The van der Waals surface area contributed by atoms with Crippen molar-refractivity contribution in [3.05, 3.63) is 48.0 Å². The molecule has 0 N–H and O–H groups in total. The van der Waals surface area contributed by atoms with E-state index in [1.54, 1.807) is 18.7 Å². The van der Waals surface area contributed by atoms with Crippen molar-refractivity contribution in [1.29, 1.82) is 5.26 Å². The molecule has 0 fully saturated rings. The average molecular weight is 184 g/mol. The van der Waals surface area contributed by atoms with Crippen LogP contribution in [0, 0.1) is 11.3 Å². The van der Waals surface area contributed by atoms with Crippen LogP contribution in [-0.2, 0) is 6.54 Å². The summed E-state index contributed by atoms with van der Waals surface area (Å²) >= 11 is 0. The highest BCUT2D eigenvalue weighted by Gasteiger charge is 1.96. The van der Waals surface area contributed by atoms with Crippen molar-refractivity contribution in [3.63, 3.8) is 0 Å². The summed E-state index contributed by atoms with van der Waals surface area (Å²) in [5.74, 6) is 0. The predicted molar refractivity (Wildman–Crippen MR) is 50.3 cm³/mol. The van der Waals surface area contributed by atoms with Crippen LogP contribution in [0.3, 0.4) is 0 Å². The van der Waals surface area contributed by atoms with Crippen molar-refractivity contribution in [2.45, 2.75) is 6.54 Å². The maximum Gasteiger partial charge on any atom is 0.119 e. The van der Waals surface area contributed by atoms with Gasteiger partial charge in [0.25, 0.3) is 0 Å². The van der Waals surface area contributed by atoms with E-state index in [-0.39, 0.29) is 0 Å². The number of benzene rings is 1. The lowest BCUT2D eigenvalue weighted by Gasteiger charge is -2.01. The molecule has 0 spiro atoms. The second kappa shape index (κ2) is 3.71. The molecule has 1 heterocycles. The first-order chi connectivity index (χ1) is 6.88. The first kappa shape index (κ1) is 8.45. The van der Waals surface area contributed by atoms with Gasteiger partial charge in [0, 0.05) is 0 Å². The molecule has 0 atom stereocenters. The van der Waals surface area contributed by atoms with E-state index in [1.165, 1.54) is 0 Å². The Balaban J connectivity index is 2.22. The van der Waals surface area contributed by atoms with E-state index < -0.39 is 0 Å². The van der Waals surface area contributed by atoms with Crippen molar-refractivity contribution < 1.29 is 0 Å². The molecule has 0 aliphatic rings. The Morgan fingerprint density at radius 3 is 2.79 bits per heavy atom. The van der Waals surface area contributed by atoms with Crippen LogP contribution in [0.4, 0.5) is 0 Å². The molecular weight excluding hydrogens is 176 g/mol. The summed E-state index contributed by atoms with van der Waals surface area (Å²) in [5.41, 5.74) is 1.75. The molecule has 0 unspecified atom stereocenters. The summed E-state index contributed by atoms with van der Waals surface area (Å²) in [6.07, 6.45) is 3.30. The predicted octanol–water partition coefficient (Wildman–Crippen LogP) is 1.20. The van der Waals surface area contributed by atoms with Crippen molar-refractivity contribution in [2.24, 2.45) is 0 Å². The van der Waals surface area contributed by atoms with Gasteiger partial charge in [0.1, 0.15) is 12.7 Å². The molecule has 0 aliphatic heterocycles. The number of hydrogen-bond donors (Lipinski definition) is 0. The molecular formula is C10H8N4. The highest BCUT2D eigenvalue weighted by atomic mass is 15.2. The third-order valence-electron chi connectivity index (χ3n) is 1.89. The van der Waals surface area contributed by atoms with Gasteiger partial charge in [0.05, 0.1) is 18.2 Å². The molecule has 0 aliphatic carbocycles. The zero-order valence-electron chi connectivity index (χ0n) is 7.46. The van der Waals surface area contributed by atoms with Crippen molar-refractivity contribution >= 4 is 0 Å². The summed E-state index contributed by atoms with van der Waals surface area (Å²) < 4.78 is 1.86. The van der Waals surface area contributed by atoms with Gasteiger partial charge in [-0.2, -0.15) is 5.26 Å². The maximum atomic E-state index is 8.71. The van der Waals surface area contributed by atoms with Gasteiger partial charge in [0.15, 0.2) is 0 Å². The third-order valence-corrected chi connectivity index (χ3v) is 1.89. The fourth-order valence-electron chi connectivity index (χ4n) is 1.25. The Labute approximate surface area is 81.4 Å². The molecule has 68 valence electrons. The molecule has 0 radical (unpaired) electrons. The van der Waals surface area contributed by atoms with Gasteiger partial charge in [-0.3, -0.25) is 0 Å². The van der Waals surface area contributed by atoms with E-state index in [1.807, 2.05) is 22.8 Å².